The first kappa shape index (κ1) is 13.2. The van der Waals surface area contributed by atoms with Crippen LogP contribution < -0.4 is 16.4 Å². The number of nitrogens with two attached hydrogens (primary N) is 1. The topological polar surface area (TPSA) is 92.9 Å². The predicted octanol–water partition coefficient (Wildman–Crippen LogP) is 0.974. The molecule has 0 fully saturated rings. The van der Waals surface area contributed by atoms with Crippen molar-refractivity contribution in [2.75, 3.05) is 17.2 Å². The van der Waals surface area contributed by atoms with Crippen LogP contribution in [-0.2, 0) is 4.79 Å². The fourth-order valence-electron chi connectivity index (χ4n) is 1.15. The van der Waals surface area contributed by atoms with Crippen LogP contribution in [0.2, 0.25) is 0 Å². The van der Waals surface area contributed by atoms with Crippen LogP contribution in [-0.4, -0.2) is 28.0 Å². The van der Waals surface area contributed by atoms with Gasteiger partial charge in [-0.1, -0.05) is 6.92 Å². The molecule has 1 aromatic heterocycles. The van der Waals surface area contributed by atoms with Gasteiger partial charge in [-0.3, -0.25) is 9.78 Å². The molecular weight excluding hydrogens is 218 g/mol. The minimum atomic E-state index is -0.849. The number of primary amides is 1. The number of nitrogens with zero attached hydrogens (tertiary/aromatic N) is 2. The summed E-state index contributed by atoms with van der Waals surface area (Å²) in [4.78, 5) is 19.5. The van der Waals surface area contributed by atoms with Gasteiger partial charge in [0.1, 0.15) is 17.2 Å². The lowest BCUT2D eigenvalue weighted by atomic mass is 10.1. The Morgan fingerprint density at radius 2 is 2.06 bits per heavy atom. The van der Waals surface area contributed by atoms with Gasteiger partial charge >= 0.3 is 0 Å². The number of amides is 1. The van der Waals surface area contributed by atoms with Crippen LogP contribution in [0.4, 0.5) is 11.6 Å². The zero-order chi connectivity index (χ0) is 12.9. The normalized spacial score (nSPS) is 11.0. The molecule has 0 spiro atoms. The van der Waals surface area contributed by atoms with E-state index in [1.807, 2.05) is 0 Å². The average Bonchev–Trinajstić information content (AvgIpc) is 2.26. The minimum Gasteiger partial charge on any atom is -0.369 e. The molecule has 0 saturated carbocycles. The summed E-state index contributed by atoms with van der Waals surface area (Å²) in [5.41, 5.74) is 4.42. The number of aromatic nitrogens is 2. The second-order valence-corrected chi connectivity index (χ2v) is 4.33. The molecule has 1 aromatic rings. The Hall–Kier alpha value is -1.85. The van der Waals surface area contributed by atoms with E-state index >= 15 is 0 Å². The molecule has 94 valence electrons. The van der Waals surface area contributed by atoms with E-state index in [2.05, 4.69) is 27.5 Å². The molecule has 6 heteroatoms. The smallest absolute Gasteiger partial charge is 0.242 e. The fourth-order valence-corrected chi connectivity index (χ4v) is 1.15. The monoisotopic (exact) mass is 237 g/mol. The van der Waals surface area contributed by atoms with Gasteiger partial charge in [-0.2, -0.15) is 0 Å². The number of rotatable bonds is 6. The second-order valence-electron chi connectivity index (χ2n) is 4.33. The summed E-state index contributed by atoms with van der Waals surface area (Å²) in [6, 6.07) is 0. The third kappa shape index (κ3) is 3.90. The van der Waals surface area contributed by atoms with Crippen molar-refractivity contribution in [3.8, 4) is 0 Å². The van der Waals surface area contributed by atoms with Gasteiger partial charge in [0.05, 0.1) is 12.4 Å². The molecule has 0 aliphatic heterocycles. The Kier molecular flexibility index (Phi) is 4.25. The van der Waals surface area contributed by atoms with Crippen molar-refractivity contribution in [2.45, 2.75) is 32.7 Å². The van der Waals surface area contributed by atoms with E-state index in [1.165, 1.54) is 0 Å². The molecule has 1 amide bonds. The molecule has 1 rings (SSSR count). The highest BCUT2D eigenvalue weighted by Crippen LogP contribution is 2.13. The highest BCUT2D eigenvalue weighted by Gasteiger charge is 2.24. The van der Waals surface area contributed by atoms with Crippen LogP contribution in [0.25, 0.3) is 0 Å². The fraction of sp³-hybridized carbons (Fsp3) is 0.545. The van der Waals surface area contributed by atoms with E-state index in [9.17, 15) is 4.79 Å². The van der Waals surface area contributed by atoms with Gasteiger partial charge in [0, 0.05) is 6.54 Å². The largest absolute Gasteiger partial charge is 0.369 e. The van der Waals surface area contributed by atoms with Gasteiger partial charge in [-0.05, 0) is 20.3 Å². The molecule has 1 heterocycles. The molecule has 0 unspecified atom stereocenters. The van der Waals surface area contributed by atoms with E-state index in [1.54, 1.807) is 26.2 Å². The maximum Gasteiger partial charge on any atom is 0.242 e. The summed E-state index contributed by atoms with van der Waals surface area (Å²) in [6.07, 6.45) is 4.20. The number of carbonyl (C=O) groups excluding carboxylic acids is 1. The molecule has 0 atom stereocenters. The van der Waals surface area contributed by atoms with Crippen LogP contribution in [0.15, 0.2) is 12.4 Å². The van der Waals surface area contributed by atoms with Gasteiger partial charge in [-0.25, -0.2) is 4.98 Å². The molecule has 17 heavy (non-hydrogen) atoms. The number of anilines is 2. The zero-order valence-electron chi connectivity index (χ0n) is 10.4. The number of carbonyl (C=O) groups is 1. The lowest BCUT2D eigenvalue weighted by Gasteiger charge is -2.22. The zero-order valence-corrected chi connectivity index (χ0v) is 10.4. The van der Waals surface area contributed by atoms with E-state index in [-0.39, 0.29) is 0 Å². The van der Waals surface area contributed by atoms with Crippen LogP contribution in [0.1, 0.15) is 27.2 Å². The van der Waals surface area contributed by atoms with Crippen LogP contribution in [0.5, 0.6) is 0 Å². The van der Waals surface area contributed by atoms with Crippen LogP contribution in [0.3, 0.4) is 0 Å². The summed E-state index contributed by atoms with van der Waals surface area (Å²) in [6.45, 7) is 6.29. The van der Waals surface area contributed by atoms with E-state index in [0.717, 1.165) is 13.0 Å². The maximum absolute atomic E-state index is 11.2. The van der Waals surface area contributed by atoms with Gasteiger partial charge in [-0.15, -0.1) is 0 Å². The average molecular weight is 237 g/mol. The number of hydrogen-bond donors (Lipinski definition) is 3. The van der Waals surface area contributed by atoms with Crippen molar-refractivity contribution < 1.29 is 4.79 Å². The molecule has 0 saturated heterocycles. The maximum atomic E-state index is 11.2. The minimum absolute atomic E-state index is 0.439. The van der Waals surface area contributed by atoms with Crippen LogP contribution in [0, 0.1) is 0 Å². The van der Waals surface area contributed by atoms with E-state index < -0.39 is 11.4 Å². The lowest BCUT2D eigenvalue weighted by Crippen LogP contribution is -2.45. The standard InChI is InChI=1S/C11H19N5O/c1-4-5-14-8-6-13-7-9(15-8)16-11(2,3)10(12)17/h6-7H,4-5H2,1-3H3,(H2,12,17)(H2,14,15,16). The molecule has 4 N–H and O–H groups in total. The van der Waals surface area contributed by atoms with Gasteiger partial charge in [0.2, 0.25) is 5.91 Å². The Morgan fingerprint density at radius 1 is 1.41 bits per heavy atom. The summed E-state index contributed by atoms with van der Waals surface area (Å²) >= 11 is 0. The lowest BCUT2D eigenvalue weighted by molar-refractivity contribution is -0.121. The van der Waals surface area contributed by atoms with Gasteiger partial charge in [0.25, 0.3) is 0 Å². The van der Waals surface area contributed by atoms with Gasteiger partial charge < -0.3 is 16.4 Å². The van der Waals surface area contributed by atoms with Crippen molar-refractivity contribution >= 4 is 17.5 Å². The highest BCUT2D eigenvalue weighted by molar-refractivity contribution is 5.86. The number of hydrogen-bond acceptors (Lipinski definition) is 5. The Balaban J connectivity index is 2.75. The first-order valence-corrected chi connectivity index (χ1v) is 5.59. The predicted molar refractivity (Wildman–Crippen MR) is 67.7 cm³/mol. The van der Waals surface area contributed by atoms with E-state index in [0.29, 0.717) is 11.6 Å². The Morgan fingerprint density at radius 3 is 2.65 bits per heavy atom. The summed E-state index contributed by atoms with van der Waals surface area (Å²) < 4.78 is 0. The van der Waals surface area contributed by atoms with E-state index in [4.69, 9.17) is 5.73 Å². The molecule has 0 bridgehead atoms. The molecule has 0 aliphatic carbocycles. The summed E-state index contributed by atoms with van der Waals surface area (Å²) in [7, 11) is 0. The molecule has 0 aliphatic rings. The van der Waals surface area contributed by atoms with Crippen molar-refractivity contribution in [2.24, 2.45) is 5.73 Å². The molecule has 0 aromatic carbocycles. The first-order valence-electron chi connectivity index (χ1n) is 5.59. The second kappa shape index (κ2) is 5.47. The van der Waals surface area contributed by atoms with Crippen molar-refractivity contribution in [1.82, 2.24) is 9.97 Å². The van der Waals surface area contributed by atoms with Crippen molar-refractivity contribution in [3.05, 3.63) is 12.4 Å². The molecular formula is C11H19N5O. The SMILES string of the molecule is CCCNc1cncc(NC(C)(C)C(N)=O)n1. The van der Waals surface area contributed by atoms with Crippen molar-refractivity contribution in [3.63, 3.8) is 0 Å². The van der Waals surface area contributed by atoms with Crippen LogP contribution >= 0.6 is 0 Å². The first-order chi connectivity index (χ1) is 7.95. The quantitative estimate of drug-likeness (QED) is 0.685. The summed E-state index contributed by atoms with van der Waals surface area (Å²) in [5.74, 6) is 0.762. The highest BCUT2D eigenvalue weighted by atomic mass is 16.1. The Bertz CT molecular complexity index is 391. The Labute approximate surface area is 101 Å². The number of nitrogens with one attached hydrogen (secondary N) is 2. The van der Waals surface area contributed by atoms with Gasteiger partial charge in [0.15, 0.2) is 0 Å². The molecule has 6 nitrogen and oxygen atoms in total. The molecule has 0 radical (unpaired) electrons. The summed E-state index contributed by atoms with van der Waals surface area (Å²) in [5, 5.41) is 6.07. The third-order valence-corrected chi connectivity index (χ3v) is 2.25. The third-order valence-electron chi connectivity index (χ3n) is 2.25. The van der Waals surface area contributed by atoms with Crippen molar-refractivity contribution in [1.29, 1.82) is 0 Å².